The molecule has 0 spiro atoms. The first kappa shape index (κ1) is 20.7. The second kappa shape index (κ2) is 9.19. The Morgan fingerprint density at radius 3 is 1.83 bits per heavy atom. The molecule has 138 valence electrons. The minimum atomic E-state index is -1.17. The van der Waals surface area contributed by atoms with Crippen LogP contribution in [0.25, 0.3) is 0 Å². The van der Waals surface area contributed by atoms with Crippen molar-refractivity contribution in [1.29, 1.82) is 0 Å². The van der Waals surface area contributed by atoms with Gasteiger partial charge >= 0.3 is 0 Å². The lowest BCUT2D eigenvalue weighted by molar-refractivity contribution is -0.246. The van der Waals surface area contributed by atoms with Gasteiger partial charge in [0.05, 0.1) is 19.8 Å². The normalized spacial score (nSPS) is 13.2. The van der Waals surface area contributed by atoms with Crippen molar-refractivity contribution in [2.24, 2.45) is 0 Å². The predicted octanol–water partition coefficient (Wildman–Crippen LogP) is 1.91. The quantitative estimate of drug-likeness (QED) is 0.650. The van der Waals surface area contributed by atoms with Gasteiger partial charge in [-0.25, -0.2) is 0 Å². The highest BCUT2D eigenvalue weighted by Crippen LogP contribution is 2.38. The number of ether oxygens (including phenoxy) is 6. The van der Waals surface area contributed by atoms with E-state index in [9.17, 15) is 5.11 Å². The number of aliphatic hydroxyl groups is 1. The number of aliphatic hydroxyl groups excluding tert-OH is 1. The number of hydrogen-bond donors (Lipinski definition) is 1. The first-order valence-corrected chi connectivity index (χ1v) is 7.50. The van der Waals surface area contributed by atoms with Gasteiger partial charge < -0.3 is 33.5 Å². The van der Waals surface area contributed by atoms with Crippen molar-refractivity contribution < 1.29 is 33.5 Å². The first-order chi connectivity index (χ1) is 11.4. The van der Waals surface area contributed by atoms with Crippen molar-refractivity contribution in [2.45, 2.75) is 31.5 Å². The van der Waals surface area contributed by atoms with Crippen LogP contribution >= 0.6 is 0 Å². The molecule has 1 aromatic rings. The number of methoxy groups -OCH3 is 6. The minimum absolute atomic E-state index is 0.192. The van der Waals surface area contributed by atoms with E-state index in [1.54, 1.807) is 33.3 Å². The lowest BCUT2D eigenvalue weighted by Gasteiger charge is -2.33. The van der Waals surface area contributed by atoms with Crippen LogP contribution in [0.5, 0.6) is 11.5 Å². The highest BCUT2D eigenvalue weighted by Gasteiger charge is 2.35. The van der Waals surface area contributed by atoms with Crippen LogP contribution in [0.1, 0.15) is 24.3 Å². The standard InChI is InChI=1S/C17H28O7/c1-17(23-6,24-7)14(18)10-11-12(19-2)8-9-13(20-3)15(11)16(21-4)22-5/h8-9,14,16,18H,10H2,1-7H3. The third-order valence-corrected chi connectivity index (χ3v) is 4.19. The summed E-state index contributed by atoms with van der Waals surface area (Å²) >= 11 is 0. The fourth-order valence-corrected chi connectivity index (χ4v) is 2.53. The molecule has 0 saturated carbocycles. The third-order valence-electron chi connectivity index (χ3n) is 4.19. The molecule has 0 aliphatic heterocycles. The van der Waals surface area contributed by atoms with E-state index in [0.29, 0.717) is 22.6 Å². The third kappa shape index (κ3) is 4.17. The molecule has 1 unspecified atom stereocenters. The Kier molecular flexibility index (Phi) is 7.92. The Balaban J connectivity index is 3.42. The van der Waals surface area contributed by atoms with Crippen LogP contribution < -0.4 is 9.47 Å². The van der Waals surface area contributed by atoms with Crippen molar-refractivity contribution in [3.63, 3.8) is 0 Å². The molecule has 1 aromatic carbocycles. The smallest absolute Gasteiger partial charge is 0.191 e. The van der Waals surface area contributed by atoms with Crippen LogP contribution in [0.4, 0.5) is 0 Å². The second-order valence-electron chi connectivity index (χ2n) is 5.31. The van der Waals surface area contributed by atoms with E-state index in [2.05, 4.69) is 0 Å². The summed E-state index contributed by atoms with van der Waals surface area (Å²) in [5, 5.41) is 10.6. The summed E-state index contributed by atoms with van der Waals surface area (Å²) in [5.74, 6) is -0.0113. The van der Waals surface area contributed by atoms with Gasteiger partial charge in [-0.15, -0.1) is 0 Å². The van der Waals surface area contributed by atoms with Crippen LogP contribution in [0, 0.1) is 0 Å². The maximum absolute atomic E-state index is 10.6. The van der Waals surface area contributed by atoms with Gasteiger partial charge in [-0.1, -0.05) is 0 Å². The monoisotopic (exact) mass is 344 g/mol. The van der Waals surface area contributed by atoms with Crippen molar-refractivity contribution in [3.05, 3.63) is 23.3 Å². The highest BCUT2D eigenvalue weighted by atomic mass is 16.7. The van der Waals surface area contributed by atoms with E-state index in [-0.39, 0.29) is 6.42 Å². The topological polar surface area (TPSA) is 75.6 Å². The first-order valence-electron chi connectivity index (χ1n) is 7.50. The molecule has 7 nitrogen and oxygen atoms in total. The maximum Gasteiger partial charge on any atom is 0.191 e. The summed E-state index contributed by atoms with van der Waals surface area (Å²) in [6.07, 6.45) is -1.44. The van der Waals surface area contributed by atoms with Gasteiger partial charge in [-0.2, -0.15) is 0 Å². The van der Waals surface area contributed by atoms with Crippen LogP contribution in [0.3, 0.4) is 0 Å². The molecular weight excluding hydrogens is 316 g/mol. The van der Waals surface area contributed by atoms with Gasteiger partial charge in [0, 0.05) is 40.4 Å². The zero-order chi connectivity index (χ0) is 18.3. The van der Waals surface area contributed by atoms with Crippen molar-refractivity contribution in [2.75, 3.05) is 42.7 Å². The summed E-state index contributed by atoms with van der Waals surface area (Å²) in [5.41, 5.74) is 1.34. The molecule has 7 heteroatoms. The average molecular weight is 344 g/mol. The predicted molar refractivity (Wildman–Crippen MR) is 88.4 cm³/mol. The molecule has 1 rings (SSSR count). The summed E-state index contributed by atoms with van der Waals surface area (Å²) in [7, 11) is 9.13. The molecule has 0 saturated heterocycles. The SMILES string of the molecule is COc1ccc(OC)c(C(OC)OC)c1CC(O)C(C)(OC)OC. The van der Waals surface area contributed by atoms with Crippen molar-refractivity contribution in [3.8, 4) is 11.5 Å². The van der Waals surface area contributed by atoms with E-state index >= 15 is 0 Å². The van der Waals surface area contributed by atoms with E-state index in [4.69, 9.17) is 28.4 Å². The van der Waals surface area contributed by atoms with E-state index in [0.717, 1.165) is 0 Å². The summed E-state index contributed by atoms with van der Waals surface area (Å²) < 4.78 is 32.2. The molecule has 0 heterocycles. The van der Waals surface area contributed by atoms with Crippen molar-refractivity contribution >= 4 is 0 Å². The van der Waals surface area contributed by atoms with Crippen LogP contribution in [0.15, 0.2) is 12.1 Å². The Hall–Kier alpha value is -1.38. The molecule has 24 heavy (non-hydrogen) atoms. The van der Waals surface area contributed by atoms with Crippen LogP contribution in [-0.2, 0) is 25.4 Å². The van der Waals surface area contributed by atoms with Gasteiger partial charge in [0.15, 0.2) is 12.1 Å². The molecule has 0 radical (unpaired) electrons. The Morgan fingerprint density at radius 2 is 1.42 bits per heavy atom. The number of hydrogen-bond acceptors (Lipinski definition) is 7. The van der Waals surface area contributed by atoms with Gasteiger partial charge in [-0.3, -0.25) is 0 Å². The Bertz CT molecular complexity index is 510. The van der Waals surface area contributed by atoms with Crippen LogP contribution in [0.2, 0.25) is 0 Å². The number of rotatable bonds is 10. The molecule has 0 fully saturated rings. The molecular formula is C17H28O7. The van der Waals surface area contributed by atoms with E-state index < -0.39 is 18.2 Å². The van der Waals surface area contributed by atoms with Crippen molar-refractivity contribution in [1.82, 2.24) is 0 Å². The minimum Gasteiger partial charge on any atom is -0.496 e. The van der Waals surface area contributed by atoms with Gasteiger partial charge in [0.25, 0.3) is 0 Å². The largest absolute Gasteiger partial charge is 0.496 e. The Morgan fingerprint density at radius 1 is 0.917 bits per heavy atom. The molecule has 0 bridgehead atoms. The summed E-state index contributed by atoms with van der Waals surface area (Å²) in [4.78, 5) is 0. The number of benzene rings is 1. The molecule has 0 aliphatic rings. The zero-order valence-electron chi connectivity index (χ0n) is 15.4. The average Bonchev–Trinajstić information content (AvgIpc) is 2.62. The second-order valence-corrected chi connectivity index (χ2v) is 5.31. The summed E-state index contributed by atoms with van der Waals surface area (Å²) in [6, 6.07) is 3.53. The van der Waals surface area contributed by atoms with Gasteiger partial charge in [0.2, 0.25) is 0 Å². The molecule has 1 N–H and O–H groups in total. The fraction of sp³-hybridized carbons (Fsp3) is 0.647. The fourth-order valence-electron chi connectivity index (χ4n) is 2.53. The van der Waals surface area contributed by atoms with Gasteiger partial charge in [0.1, 0.15) is 17.6 Å². The molecule has 0 aromatic heterocycles. The molecule has 0 aliphatic carbocycles. The zero-order valence-corrected chi connectivity index (χ0v) is 15.4. The maximum atomic E-state index is 10.6. The van der Waals surface area contributed by atoms with E-state index in [1.165, 1.54) is 28.4 Å². The Labute approximate surface area is 143 Å². The lowest BCUT2D eigenvalue weighted by atomic mass is 9.95. The highest BCUT2D eigenvalue weighted by molar-refractivity contribution is 5.50. The molecule has 1 atom stereocenters. The van der Waals surface area contributed by atoms with Gasteiger partial charge in [-0.05, 0) is 19.1 Å². The van der Waals surface area contributed by atoms with E-state index in [1.807, 2.05) is 0 Å². The molecule has 0 amide bonds. The van der Waals surface area contributed by atoms with Crippen LogP contribution in [-0.4, -0.2) is 59.7 Å². The summed E-state index contributed by atoms with van der Waals surface area (Å²) in [6.45, 7) is 1.66. The lowest BCUT2D eigenvalue weighted by Crippen LogP contribution is -2.44.